The predicted octanol–water partition coefficient (Wildman–Crippen LogP) is 0.952. The van der Waals surface area contributed by atoms with Crippen molar-refractivity contribution >= 4 is 27.6 Å². The molecule has 0 aromatic heterocycles. The van der Waals surface area contributed by atoms with Crippen LogP contribution >= 0.6 is 0 Å². The first-order valence-corrected chi connectivity index (χ1v) is 7.23. The number of carbonyl (C=O) groups is 2. The Kier molecular flexibility index (Phi) is 5.23. The molecule has 20 heavy (non-hydrogen) atoms. The fourth-order valence-corrected chi connectivity index (χ4v) is 2.31. The number of nitrogens with one attached hydrogen (secondary N) is 1. The number of hydrogen-bond donors (Lipinski definition) is 2. The Morgan fingerprint density at radius 1 is 1.35 bits per heavy atom. The Morgan fingerprint density at radius 2 is 2.00 bits per heavy atom. The fourth-order valence-electron chi connectivity index (χ4n) is 1.40. The monoisotopic (exact) mass is 300 g/mol. The van der Waals surface area contributed by atoms with Gasteiger partial charge in [-0.1, -0.05) is 12.1 Å². The van der Waals surface area contributed by atoms with Crippen molar-refractivity contribution in [1.82, 2.24) is 4.31 Å². The van der Waals surface area contributed by atoms with Crippen molar-refractivity contribution in [2.24, 2.45) is 0 Å². The molecule has 8 heteroatoms. The summed E-state index contributed by atoms with van der Waals surface area (Å²) in [4.78, 5) is 21.7. The zero-order valence-electron chi connectivity index (χ0n) is 11.2. The van der Waals surface area contributed by atoms with E-state index in [0.717, 1.165) is 4.31 Å². The second-order valence-electron chi connectivity index (χ2n) is 4.21. The van der Waals surface area contributed by atoms with Gasteiger partial charge < -0.3 is 5.11 Å². The lowest BCUT2D eigenvalue weighted by molar-refractivity contribution is -0.137. The van der Waals surface area contributed by atoms with E-state index in [1.807, 2.05) is 0 Å². The Hall–Kier alpha value is -1.93. The Balaban J connectivity index is 2.82. The number of hydrogen-bond acceptors (Lipinski definition) is 4. The predicted molar refractivity (Wildman–Crippen MR) is 73.9 cm³/mol. The van der Waals surface area contributed by atoms with E-state index in [1.165, 1.54) is 26.1 Å². The summed E-state index contributed by atoms with van der Waals surface area (Å²) >= 11 is 0. The van der Waals surface area contributed by atoms with Gasteiger partial charge in [-0.05, 0) is 19.1 Å². The number of aliphatic carboxylic acids is 1. The third-order valence-corrected chi connectivity index (χ3v) is 4.06. The molecule has 1 aromatic carbocycles. The van der Waals surface area contributed by atoms with Crippen LogP contribution in [0.4, 0.5) is 5.69 Å². The van der Waals surface area contributed by atoms with E-state index in [9.17, 15) is 18.0 Å². The molecule has 0 bridgehead atoms. The minimum atomic E-state index is -3.84. The van der Waals surface area contributed by atoms with Gasteiger partial charge in [-0.15, -0.1) is 0 Å². The number of anilines is 1. The first-order valence-electron chi connectivity index (χ1n) is 5.79. The van der Waals surface area contributed by atoms with E-state index in [4.69, 9.17) is 5.11 Å². The lowest BCUT2D eigenvalue weighted by Crippen LogP contribution is -2.34. The van der Waals surface area contributed by atoms with Crippen molar-refractivity contribution in [3.8, 4) is 0 Å². The normalized spacial score (nSPS) is 11.3. The lowest BCUT2D eigenvalue weighted by Gasteiger charge is -2.17. The number of benzene rings is 1. The summed E-state index contributed by atoms with van der Waals surface area (Å²) in [7, 11) is -2.56. The first-order chi connectivity index (χ1) is 9.22. The van der Waals surface area contributed by atoms with Crippen LogP contribution in [0.1, 0.15) is 23.7 Å². The van der Waals surface area contributed by atoms with Crippen molar-refractivity contribution in [2.75, 3.05) is 18.3 Å². The highest BCUT2D eigenvalue weighted by atomic mass is 32.2. The van der Waals surface area contributed by atoms with Gasteiger partial charge in [0, 0.05) is 19.2 Å². The largest absolute Gasteiger partial charge is 0.481 e. The van der Waals surface area contributed by atoms with E-state index in [2.05, 4.69) is 4.72 Å². The number of carboxylic acid groups (broad SMARTS) is 1. The standard InChI is InChI=1S/C12H16N2O5S/c1-9(15)10-4-3-5-11(8-10)13-20(18,19)14(2)7-6-12(16)17/h3-5,8,13H,6-7H2,1-2H3,(H,16,17). The average Bonchev–Trinajstić information content (AvgIpc) is 2.35. The molecule has 2 N–H and O–H groups in total. The first kappa shape index (κ1) is 16.1. The van der Waals surface area contributed by atoms with Crippen LogP contribution in [0, 0.1) is 0 Å². The molecule has 0 heterocycles. The molecule has 0 unspecified atom stereocenters. The van der Waals surface area contributed by atoms with E-state index in [1.54, 1.807) is 12.1 Å². The summed E-state index contributed by atoms with van der Waals surface area (Å²) in [6, 6.07) is 6.07. The van der Waals surface area contributed by atoms with Gasteiger partial charge in [-0.2, -0.15) is 12.7 Å². The van der Waals surface area contributed by atoms with Gasteiger partial charge in [0.25, 0.3) is 0 Å². The third-order valence-electron chi connectivity index (χ3n) is 2.57. The average molecular weight is 300 g/mol. The maximum absolute atomic E-state index is 11.9. The smallest absolute Gasteiger partial charge is 0.304 e. The summed E-state index contributed by atoms with van der Waals surface area (Å²) < 4.78 is 27.1. The van der Waals surface area contributed by atoms with Crippen LogP contribution in [0.15, 0.2) is 24.3 Å². The van der Waals surface area contributed by atoms with Crippen molar-refractivity contribution in [2.45, 2.75) is 13.3 Å². The number of carbonyl (C=O) groups excluding carboxylic acids is 1. The molecule has 0 atom stereocenters. The molecule has 0 aliphatic heterocycles. The molecule has 7 nitrogen and oxygen atoms in total. The van der Waals surface area contributed by atoms with Crippen LogP contribution in [0.3, 0.4) is 0 Å². The van der Waals surface area contributed by atoms with Gasteiger partial charge in [-0.25, -0.2) is 0 Å². The zero-order valence-corrected chi connectivity index (χ0v) is 12.0. The highest BCUT2D eigenvalue weighted by Crippen LogP contribution is 2.14. The van der Waals surface area contributed by atoms with Crippen LogP contribution in [-0.2, 0) is 15.0 Å². The Bertz CT molecular complexity index is 612. The highest BCUT2D eigenvalue weighted by molar-refractivity contribution is 7.90. The number of Topliss-reactive ketones (excluding diaryl/α,β-unsaturated/α-hetero) is 1. The maximum Gasteiger partial charge on any atom is 0.304 e. The summed E-state index contributed by atoms with van der Waals surface area (Å²) in [5.41, 5.74) is 0.637. The molecule has 110 valence electrons. The SMILES string of the molecule is CC(=O)c1cccc(NS(=O)(=O)N(C)CCC(=O)O)c1. The van der Waals surface area contributed by atoms with Gasteiger partial charge in [0.1, 0.15) is 0 Å². The van der Waals surface area contributed by atoms with E-state index in [-0.39, 0.29) is 24.4 Å². The molecular weight excluding hydrogens is 284 g/mol. The number of nitrogens with zero attached hydrogens (tertiary/aromatic N) is 1. The zero-order chi connectivity index (χ0) is 15.3. The minimum Gasteiger partial charge on any atom is -0.481 e. The fraction of sp³-hybridized carbons (Fsp3) is 0.333. The van der Waals surface area contributed by atoms with E-state index in [0.29, 0.717) is 5.56 Å². The topological polar surface area (TPSA) is 104 Å². The summed E-state index contributed by atoms with van der Waals surface area (Å²) in [5, 5.41) is 8.54. The summed E-state index contributed by atoms with van der Waals surface area (Å²) in [6.45, 7) is 1.24. The molecule has 0 fully saturated rings. The van der Waals surface area contributed by atoms with Gasteiger partial charge in [0.05, 0.1) is 12.1 Å². The molecule has 1 rings (SSSR count). The van der Waals surface area contributed by atoms with Gasteiger partial charge >= 0.3 is 16.2 Å². The second kappa shape index (κ2) is 6.49. The molecule has 0 aliphatic carbocycles. The molecular formula is C12H16N2O5S. The lowest BCUT2D eigenvalue weighted by atomic mass is 10.1. The van der Waals surface area contributed by atoms with Crippen molar-refractivity contribution in [3.05, 3.63) is 29.8 Å². The molecule has 0 saturated heterocycles. The van der Waals surface area contributed by atoms with E-state index >= 15 is 0 Å². The van der Waals surface area contributed by atoms with Gasteiger partial charge in [-0.3, -0.25) is 14.3 Å². The summed E-state index contributed by atoms with van der Waals surface area (Å²) in [5.74, 6) is -1.25. The third kappa shape index (κ3) is 4.63. The number of rotatable bonds is 7. The molecule has 0 radical (unpaired) electrons. The number of carboxylic acids is 1. The van der Waals surface area contributed by atoms with Gasteiger partial charge in [0.2, 0.25) is 0 Å². The minimum absolute atomic E-state index is 0.142. The van der Waals surface area contributed by atoms with Crippen molar-refractivity contribution in [1.29, 1.82) is 0 Å². The van der Waals surface area contributed by atoms with Crippen LogP contribution in [0.2, 0.25) is 0 Å². The van der Waals surface area contributed by atoms with Crippen LogP contribution in [0.5, 0.6) is 0 Å². The number of ketones is 1. The molecule has 0 aliphatic rings. The molecule has 0 saturated carbocycles. The highest BCUT2D eigenvalue weighted by Gasteiger charge is 2.18. The van der Waals surface area contributed by atoms with Crippen molar-refractivity contribution < 1.29 is 23.1 Å². The second-order valence-corrected chi connectivity index (χ2v) is 5.99. The molecule has 1 aromatic rings. The van der Waals surface area contributed by atoms with Crippen LogP contribution in [-0.4, -0.2) is 43.2 Å². The Morgan fingerprint density at radius 3 is 2.55 bits per heavy atom. The van der Waals surface area contributed by atoms with Gasteiger partial charge in [0.15, 0.2) is 5.78 Å². The van der Waals surface area contributed by atoms with Crippen molar-refractivity contribution in [3.63, 3.8) is 0 Å². The van der Waals surface area contributed by atoms with Crippen LogP contribution < -0.4 is 4.72 Å². The van der Waals surface area contributed by atoms with Crippen LogP contribution in [0.25, 0.3) is 0 Å². The summed E-state index contributed by atoms with van der Waals surface area (Å²) in [6.07, 6.45) is -0.287. The quantitative estimate of drug-likeness (QED) is 0.730. The molecule has 0 amide bonds. The van der Waals surface area contributed by atoms with E-state index < -0.39 is 16.2 Å². The molecule has 0 spiro atoms. The maximum atomic E-state index is 11.9. The Labute approximate surface area is 117 Å².